The molecule has 0 aromatic heterocycles. The molecule has 2 aliphatic heterocycles. The van der Waals surface area contributed by atoms with Gasteiger partial charge in [0, 0.05) is 50.1 Å². The molecule has 1 saturated carbocycles. The second-order valence-electron chi connectivity index (χ2n) is 11.1. The van der Waals surface area contributed by atoms with Crippen LogP contribution in [0.25, 0.3) is 0 Å². The highest BCUT2D eigenvalue weighted by Crippen LogP contribution is 2.46. The van der Waals surface area contributed by atoms with E-state index in [1.54, 1.807) is 7.05 Å². The molecule has 3 amide bonds. The lowest BCUT2D eigenvalue weighted by Gasteiger charge is -2.38. The predicted molar refractivity (Wildman–Crippen MR) is 135 cm³/mol. The summed E-state index contributed by atoms with van der Waals surface area (Å²) in [6, 6.07) is 5.86. The van der Waals surface area contributed by atoms with E-state index >= 15 is 0 Å². The van der Waals surface area contributed by atoms with Crippen molar-refractivity contribution in [1.29, 1.82) is 0 Å². The highest BCUT2D eigenvalue weighted by Gasteiger charge is 2.44. The topological polar surface area (TPSA) is 79.0 Å². The molecule has 1 N–H and O–H groups in total. The van der Waals surface area contributed by atoms with Crippen LogP contribution in [0.5, 0.6) is 5.75 Å². The first kappa shape index (κ1) is 25.7. The predicted octanol–water partition coefficient (Wildman–Crippen LogP) is 3.80. The lowest BCUT2D eigenvalue weighted by Crippen LogP contribution is -2.48. The van der Waals surface area contributed by atoms with Crippen LogP contribution in [0.15, 0.2) is 18.2 Å². The summed E-state index contributed by atoms with van der Waals surface area (Å²) in [7, 11) is 1.65. The first-order valence-electron chi connectivity index (χ1n) is 13.4. The van der Waals surface area contributed by atoms with Crippen LogP contribution in [-0.4, -0.2) is 66.9 Å². The fourth-order valence-electron chi connectivity index (χ4n) is 6.21. The van der Waals surface area contributed by atoms with Crippen LogP contribution >= 0.6 is 0 Å². The second-order valence-corrected chi connectivity index (χ2v) is 11.1. The minimum atomic E-state index is -0.0863. The van der Waals surface area contributed by atoms with E-state index in [9.17, 15) is 14.4 Å². The van der Waals surface area contributed by atoms with Gasteiger partial charge >= 0.3 is 0 Å². The van der Waals surface area contributed by atoms with Gasteiger partial charge in [-0.2, -0.15) is 0 Å². The first-order valence-corrected chi connectivity index (χ1v) is 13.4. The number of likely N-dealkylation sites (tertiary alicyclic amines) is 1. The van der Waals surface area contributed by atoms with Gasteiger partial charge in [-0.3, -0.25) is 24.2 Å². The van der Waals surface area contributed by atoms with E-state index in [1.807, 2.05) is 18.2 Å². The van der Waals surface area contributed by atoms with Crippen LogP contribution in [0.1, 0.15) is 81.1 Å². The van der Waals surface area contributed by atoms with Crippen molar-refractivity contribution in [2.75, 3.05) is 33.3 Å². The number of imide groups is 1. The Hall–Kier alpha value is -2.41. The molecule has 1 aromatic rings. The quantitative estimate of drug-likeness (QED) is 0.427. The number of rotatable bonds is 9. The molecule has 7 heteroatoms. The minimum absolute atomic E-state index is 0.0289. The lowest BCUT2D eigenvalue weighted by molar-refractivity contribution is -0.153. The average molecular weight is 484 g/mol. The molecule has 0 radical (unpaired) electrons. The molecule has 3 aliphatic rings. The number of piperidine rings is 1. The lowest BCUT2D eigenvalue weighted by atomic mass is 9.76. The third-order valence-electron chi connectivity index (χ3n) is 7.99. The molecule has 7 nitrogen and oxygen atoms in total. The van der Waals surface area contributed by atoms with Gasteiger partial charge in [0.05, 0.1) is 0 Å². The Kier molecular flexibility index (Phi) is 8.15. The second kappa shape index (κ2) is 11.1. The molecule has 1 saturated heterocycles. The molecule has 2 heterocycles. The molecule has 4 rings (SSSR count). The number of carbonyl (C=O) groups excluding carboxylic acids is 3. The molecule has 1 aliphatic carbocycles. The molecule has 1 atom stereocenters. The summed E-state index contributed by atoms with van der Waals surface area (Å²) in [5.41, 5.74) is 1.62. The van der Waals surface area contributed by atoms with E-state index in [1.165, 1.54) is 4.90 Å². The van der Waals surface area contributed by atoms with Crippen LogP contribution in [0.3, 0.4) is 0 Å². The van der Waals surface area contributed by atoms with Gasteiger partial charge in [0.25, 0.3) is 5.91 Å². The van der Waals surface area contributed by atoms with Crippen molar-refractivity contribution in [3.63, 3.8) is 0 Å². The average Bonchev–Trinajstić information content (AvgIpc) is 3.27. The smallest absolute Gasteiger partial charge is 0.251 e. The van der Waals surface area contributed by atoms with E-state index in [2.05, 4.69) is 24.1 Å². The number of ether oxygens (including phenoxy) is 1. The minimum Gasteiger partial charge on any atom is -0.492 e. The zero-order chi connectivity index (χ0) is 25.0. The van der Waals surface area contributed by atoms with Gasteiger partial charge in [-0.15, -0.1) is 0 Å². The molecular formula is C28H41N3O4. The van der Waals surface area contributed by atoms with Gasteiger partial charge in [-0.1, -0.05) is 32.8 Å². The van der Waals surface area contributed by atoms with Gasteiger partial charge in [0.2, 0.25) is 11.8 Å². The fourth-order valence-corrected chi connectivity index (χ4v) is 6.21. The Morgan fingerprint density at radius 3 is 2.54 bits per heavy atom. The van der Waals surface area contributed by atoms with Crippen LogP contribution in [0.4, 0.5) is 0 Å². The molecule has 1 spiro atoms. The molecule has 0 unspecified atom stereocenters. The van der Waals surface area contributed by atoms with E-state index in [4.69, 9.17) is 4.74 Å². The van der Waals surface area contributed by atoms with E-state index < -0.39 is 0 Å². The summed E-state index contributed by atoms with van der Waals surface area (Å²) >= 11 is 0. The number of carbonyl (C=O) groups is 3. The Balaban J connectivity index is 1.34. The maximum Gasteiger partial charge on any atom is 0.251 e. The fraction of sp³-hybridized carbons (Fsp3) is 0.679. The highest BCUT2D eigenvalue weighted by atomic mass is 16.5. The maximum absolute atomic E-state index is 12.8. The first-order chi connectivity index (χ1) is 16.8. The largest absolute Gasteiger partial charge is 0.492 e. The Labute approximate surface area is 209 Å². The zero-order valence-corrected chi connectivity index (χ0v) is 21.6. The van der Waals surface area contributed by atoms with E-state index in [0.29, 0.717) is 37.5 Å². The number of hydrogen-bond acceptors (Lipinski definition) is 5. The Morgan fingerprint density at radius 1 is 1.17 bits per heavy atom. The van der Waals surface area contributed by atoms with Crippen molar-refractivity contribution in [2.24, 2.45) is 11.3 Å². The van der Waals surface area contributed by atoms with Gasteiger partial charge in [-0.25, -0.2) is 0 Å². The number of nitrogens with zero attached hydrogens (tertiary/aromatic N) is 2. The van der Waals surface area contributed by atoms with Gasteiger partial charge < -0.3 is 10.1 Å². The molecule has 2 fully saturated rings. The molecule has 1 aromatic carbocycles. The van der Waals surface area contributed by atoms with Crippen molar-refractivity contribution in [3.05, 3.63) is 29.3 Å². The summed E-state index contributed by atoms with van der Waals surface area (Å²) < 4.78 is 6.09. The third-order valence-corrected chi connectivity index (χ3v) is 7.99. The van der Waals surface area contributed by atoms with Crippen LogP contribution < -0.4 is 10.1 Å². The van der Waals surface area contributed by atoms with Crippen LogP contribution in [-0.2, 0) is 16.0 Å². The number of benzene rings is 1. The summed E-state index contributed by atoms with van der Waals surface area (Å²) in [5.74, 6) is 1.27. The normalized spacial score (nSPS) is 21.5. The maximum atomic E-state index is 12.8. The zero-order valence-electron chi connectivity index (χ0n) is 21.6. The third kappa shape index (κ3) is 5.88. The van der Waals surface area contributed by atoms with E-state index in [0.717, 1.165) is 69.3 Å². The molecular weight excluding hydrogens is 442 g/mol. The standard InChI is InChI=1S/C28H41N3O4/c1-20(2)18-30(21-15-23-22(27(34)29-3)9-8-10-24(23)35-19-21)13-6-7-14-31-25(32)16-28(17-26(31)33)11-4-5-12-28/h8-10,20-21H,4-7,11-19H2,1-3H3,(H,29,34)/t21-/m0/s1. The summed E-state index contributed by atoms with van der Waals surface area (Å²) in [4.78, 5) is 41.9. The van der Waals surface area contributed by atoms with Gasteiger partial charge in [0.15, 0.2) is 0 Å². The number of amides is 3. The van der Waals surface area contributed by atoms with Crippen molar-refractivity contribution in [2.45, 2.75) is 77.7 Å². The van der Waals surface area contributed by atoms with Crippen molar-refractivity contribution in [1.82, 2.24) is 15.1 Å². The Bertz CT molecular complexity index is 918. The Morgan fingerprint density at radius 2 is 1.89 bits per heavy atom. The van der Waals surface area contributed by atoms with E-state index in [-0.39, 0.29) is 29.2 Å². The van der Waals surface area contributed by atoms with Crippen molar-refractivity contribution >= 4 is 17.7 Å². The van der Waals surface area contributed by atoms with Gasteiger partial charge in [-0.05, 0) is 62.1 Å². The number of unbranched alkanes of at least 4 members (excludes halogenated alkanes) is 1. The number of hydrogen-bond donors (Lipinski definition) is 1. The monoisotopic (exact) mass is 483 g/mol. The van der Waals surface area contributed by atoms with Crippen molar-refractivity contribution < 1.29 is 19.1 Å². The molecule has 0 bridgehead atoms. The molecule has 35 heavy (non-hydrogen) atoms. The summed E-state index contributed by atoms with van der Waals surface area (Å²) in [6.07, 6.45) is 7.93. The summed E-state index contributed by atoms with van der Waals surface area (Å²) in [5, 5.41) is 2.74. The highest BCUT2D eigenvalue weighted by molar-refractivity contribution is 5.98. The molecule has 192 valence electrons. The van der Waals surface area contributed by atoms with Crippen LogP contribution in [0.2, 0.25) is 0 Å². The SMILES string of the molecule is CNC(=O)c1cccc2c1C[C@H](N(CCCCN1C(=O)CC3(CCCC3)CC1=O)CC(C)C)CO2. The number of fused-ring (bicyclic) bond motifs is 1. The van der Waals surface area contributed by atoms with Crippen LogP contribution in [0, 0.1) is 11.3 Å². The summed E-state index contributed by atoms with van der Waals surface area (Å²) in [6.45, 7) is 7.37. The van der Waals surface area contributed by atoms with Gasteiger partial charge in [0.1, 0.15) is 12.4 Å². The number of nitrogens with one attached hydrogen (secondary N) is 1. The van der Waals surface area contributed by atoms with Crippen molar-refractivity contribution in [3.8, 4) is 5.75 Å².